The van der Waals surface area contributed by atoms with Gasteiger partial charge in [0.1, 0.15) is 11.2 Å². The number of hydrogen-bond donors (Lipinski definition) is 1. The standard InChI is InChI=1S/C20H32N4O3/c1-20(2,18(25)21-10-11-22(3)4)19(26)24-14-12-23(13-15-24)16-6-8-17(27-5)9-7-16/h6-9H,10-15H2,1-5H3,(H,21,25). The maximum Gasteiger partial charge on any atom is 0.237 e. The van der Waals surface area contributed by atoms with E-state index in [0.29, 0.717) is 19.6 Å². The van der Waals surface area contributed by atoms with Crippen LogP contribution in [-0.2, 0) is 9.59 Å². The fourth-order valence-electron chi connectivity index (χ4n) is 3.07. The second-order valence-electron chi connectivity index (χ2n) is 7.66. The Balaban J connectivity index is 1.89. The number of carbonyl (C=O) groups is 2. The summed E-state index contributed by atoms with van der Waals surface area (Å²) in [7, 11) is 5.55. The lowest BCUT2D eigenvalue weighted by Crippen LogP contribution is -2.55. The van der Waals surface area contributed by atoms with Crippen molar-refractivity contribution in [1.82, 2.24) is 15.1 Å². The second-order valence-corrected chi connectivity index (χ2v) is 7.66. The van der Waals surface area contributed by atoms with Crippen molar-refractivity contribution in [1.29, 1.82) is 0 Å². The zero-order chi connectivity index (χ0) is 20.0. The number of nitrogens with one attached hydrogen (secondary N) is 1. The fourth-order valence-corrected chi connectivity index (χ4v) is 3.07. The molecular formula is C20H32N4O3. The summed E-state index contributed by atoms with van der Waals surface area (Å²) in [5.74, 6) is 0.501. The zero-order valence-electron chi connectivity index (χ0n) is 17.1. The van der Waals surface area contributed by atoms with Crippen LogP contribution in [0.4, 0.5) is 5.69 Å². The van der Waals surface area contributed by atoms with E-state index in [-0.39, 0.29) is 11.8 Å². The summed E-state index contributed by atoms with van der Waals surface area (Å²) in [6, 6.07) is 7.93. The molecule has 0 spiro atoms. The number of piperazine rings is 1. The molecule has 1 saturated heterocycles. The number of benzene rings is 1. The minimum atomic E-state index is -1.06. The largest absolute Gasteiger partial charge is 0.497 e. The van der Waals surface area contributed by atoms with Gasteiger partial charge in [0.05, 0.1) is 7.11 Å². The van der Waals surface area contributed by atoms with E-state index in [1.54, 1.807) is 25.9 Å². The van der Waals surface area contributed by atoms with Crippen molar-refractivity contribution in [3.8, 4) is 5.75 Å². The molecule has 1 aromatic carbocycles. The molecule has 0 atom stereocenters. The smallest absolute Gasteiger partial charge is 0.237 e. The van der Waals surface area contributed by atoms with Gasteiger partial charge < -0.3 is 24.8 Å². The van der Waals surface area contributed by atoms with Crippen molar-refractivity contribution >= 4 is 17.5 Å². The number of hydrogen-bond acceptors (Lipinski definition) is 5. The number of rotatable bonds is 7. The summed E-state index contributed by atoms with van der Waals surface area (Å²) in [5, 5.41) is 2.87. The van der Waals surface area contributed by atoms with E-state index >= 15 is 0 Å². The third kappa shape index (κ3) is 5.35. The predicted molar refractivity (Wildman–Crippen MR) is 107 cm³/mol. The molecule has 7 nitrogen and oxygen atoms in total. The monoisotopic (exact) mass is 376 g/mol. The Bertz CT molecular complexity index is 635. The number of nitrogens with zero attached hydrogens (tertiary/aromatic N) is 3. The van der Waals surface area contributed by atoms with E-state index in [2.05, 4.69) is 10.2 Å². The van der Waals surface area contributed by atoms with Gasteiger partial charge >= 0.3 is 0 Å². The molecule has 0 saturated carbocycles. The highest BCUT2D eigenvalue weighted by Crippen LogP contribution is 2.23. The quantitative estimate of drug-likeness (QED) is 0.721. The van der Waals surface area contributed by atoms with Gasteiger partial charge in [-0.3, -0.25) is 9.59 Å². The van der Waals surface area contributed by atoms with Crippen molar-refractivity contribution < 1.29 is 14.3 Å². The average Bonchev–Trinajstić information content (AvgIpc) is 2.67. The third-order valence-corrected chi connectivity index (χ3v) is 4.95. The van der Waals surface area contributed by atoms with Crippen LogP contribution in [0.5, 0.6) is 5.75 Å². The van der Waals surface area contributed by atoms with Gasteiger partial charge in [-0.15, -0.1) is 0 Å². The Morgan fingerprint density at radius 2 is 1.70 bits per heavy atom. The topological polar surface area (TPSA) is 65.1 Å². The van der Waals surface area contributed by atoms with Crippen LogP contribution in [0.1, 0.15) is 13.8 Å². The minimum absolute atomic E-state index is 0.112. The molecule has 1 N–H and O–H groups in total. The molecule has 1 fully saturated rings. The van der Waals surface area contributed by atoms with Crippen LogP contribution in [0.15, 0.2) is 24.3 Å². The van der Waals surface area contributed by atoms with E-state index in [4.69, 9.17) is 4.74 Å². The number of amides is 2. The Morgan fingerprint density at radius 1 is 1.11 bits per heavy atom. The van der Waals surface area contributed by atoms with Crippen molar-refractivity contribution in [2.45, 2.75) is 13.8 Å². The summed E-state index contributed by atoms with van der Waals surface area (Å²) in [6.45, 7) is 7.40. The molecule has 0 unspecified atom stereocenters. The van der Waals surface area contributed by atoms with Gasteiger partial charge in [-0.05, 0) is 52.2 Å². The zero-order valence-corrected chi connectivity index (χ0v) is 17.1. The average molecular weight is 377 g/mol. The van der Waals surface area contributed by atoms with Crippen LogP contribution in [0.3, 0.4) is 0 Å². The molecular weight excluding hydrogens is 344 g/mol. The third-order valence-electron chi connectivity index (χ3n) is 4.95. The van der Waals surface area contributed by atoms with Gasteiger partial charge in [0.2, 0.25) is 11.8 Å². The van der Waals surface area contributed by atoms with E-state index in [9.17, 15) is 9.59 Å². The number of methoxy groups -OCH3 is 1. The lowest BCUT2D eigenvalue weighted by Gasteiger charge is -2.39. The number of anilines is 1. The minimum Gasteiger partial charge on any atom is -0.497 e. The SMILES string of the molecule is COc1ccc(N2CCN(C(=O)C(C)(C)C(=O)NCCN(C)C)CC2)cc1. The summed E-state index contributed by atoms with van der Waals surface area (Å²) in [5.41, 5.74) is 0.0535. The molecule has 2 amide bonds. The van der Waals surface area contributed by atoms with Crippen LogP contribution < -0.4 is 15.0 Å². The van der Waals surface area contributed by atoms with Gasteiger partial charge in [-0.2, -0.15) is 0 Å². The Labute approximate surface area is 162 Å². The Hall–Kier alpha value is -2.28. The van der Waals surface area contributed by atoms with E-state index in [1.807, 2.05) is 43.3 Å². The van der Waals surface area contributed by atoms with Gasteiger partial charge in [0, 0.05) is 45.0 Å². The van der Waals surface area contributed by atoms with Crippen LogP contribution in [0.25, 0.3) is 0 Å². The molecule has 2 rings (SSSR count). The number of likely N-dealkylation sites (N-methyl/N-ethyl adjacent to an activating group) is 1. The first-order valence-corrected chi connectivity index (χ1v) is 9.37. The maximum atomic E-state index is 12.9. The highest BCUT2D eigenvalue weighted by atomic mass is 16.5. The summed E-state index contributed by atoms with van der Waals surface area (Å²) in [4.78, 5) is 31.4. The van der Waals surface area contributed by atoms with Crippen LogP contribution >= 0.6 is 0 Å². The first-order valence-electron chi connectivity index (χ1n) is 9.37. The summed E-state index contributed by atoms with van der Waals surface area (Å²) in [6.07, 6.45) is 0. The van der Waals surface area contributed by atoms with E-state index in [1.165, 1.54) is 0 Å². The fraction of sp³-hybridized carbons (Fsp3) is 0.600. The summed E-state index contributed by atoms with van der Waals surface area (Å²) < 4.78 is 5.19. The molecule has 27 heavy (non-hydrogen) atoms. The van der Waals surface area contributed by atoms with Crippen LogP contribution in [0.2, 0.25) is 0 Å². The number of ether oxygens (including phenoxy) is 1. The van der Waals surface area contributed by atoms with Crippen LogP contribution in [0, 0.1) is 5.41 Å². The van der Waals surface area contributed by atoms with Gasteiger partial charge in [-0.25, -0.2) is 0 Å². The lowest BCUT2D eigenvalue weighted by molar-refractivity contribution is -0.148. The molecule has 1 aromatic rings. The first-order chi connectivity index (χ1) is 12.8. The number of carbonyl (C=O) groups excluding carboxylic acids is 2. The molecule has 0 radical (unpaired) electrons. The first kappa shape index (κ1) is 21.0. The predicted octanol–water partition coefficient (Wildman–Crippen LogP) is 1.05. The van der Waals surface area contributed by atoms with Gasteiger partial charge in [-0.1, -0.05) is 0 Å². The highest BCUT2D eigenvalue weighted by molar-refractivity contribution is 6.04. The molecule has 0 aromatic heterocycles. The van der Waals surface area contributed by atoms with Crippen molar-refractivity contribution in [2.24, 2.45) is 5.41 Å². The lowest BCUT2D eigenvalue weighted by atomic mass is 9.90. The summed E-state index contributed by atoms with van der Waals surface area (Å²) >= 11 is 0. The molecule has 1 heterocycles. The maximum absolute atomic E-state index is 12.9. The Kier molecular flexibility index (Phi) is 7.07. The van der Waals surface area contributed by atoms with Gasteiger partial charge in [0.15, 0.2) is 0 Å². The van der Waals surface area contributed by atoms with Gasteiger partial charge in [0.25, 0.3) is 0 Å². The molecule has 1 aliphatic rings. The van der Waals surface area contributed by atoms with Crippen LogP contribution in [-0.4, -0.2) is 82.1 Å². The van der Waals surface area contributed by atoms with E-state index in [0.717, 1.165) is 31.1 Å². The van der Waals surface area contributed by atoms with Crippen molar-refractivity contribution in [2.75, 3.05) is 65.4 Å². The Morgan fingerprint density at radius 3 is 2.22 bits per heavy atom. The molecule has 150 valence electrons. The normalized spacial score (nSPS) is 15.0. The highest BCUT2D eigenvalue weighted by Gasteiger charge is 2.39. The molecule has 0 bridgehead atoms. The molecule has 0 aliphatic carbocycles. The second kappa shape index (κ2) is 9.08. The van der Waals surface area contributed by atoms with E-state index < -0.39 is 5.41 Å². The molecule has 1 aliphatic heterocycles. The molecule has 7 heteroatoms. The van der Waals surface area contributed by atoms with Crippen molar-refractivity contribution in [3.63, 3.8) is 0 Å². The van der Waals surface area contributed by atoms with Crippen molar-refractivity contribution in [3.05, 3.63) is 24.3 Å².